The van der Waals surface area contributed by atoms with Crippen molar-refractivity contribution in [3.63, 3.8) is 0 Å². The lowest BCUT2D eigenvalue weighted by Gasteiger charge is -2.06. The molecule has 5 nitrogen and oxygen atoms in total. The van der Waals surface area contributed by atoms with Crippen molar-refractivity contribution in [1.82, 2.24) is 4.72 Å². The normalized spacial score (nSPS) is 11.2. The summed E-state index contributed by atoms with van der Waals surface area (Å²) in [6.45, 7) is 2.30. The molecule has 0 saturated carbocycles. The van der Waals surface area contributed by atoms with E-state index in [1.165, 1.54) is 0 Å². The summed E-state index contributed by atoms with van der Waals surface area (Å²) in [5, 5.41) is 0. The van der Waals surface area contributed by atoms with Crippen molar-refractivity contribution in [2.24, 2.45) is 0 Å². The molecule has 0 aliphatic carbocycles. The number of hydrogen-bond donors (Lipinski definition) is 1. The zero-order valence-corrected chi connectivity index (χ0v) is 11.8. The fourth-order valence-corrected chi connectivity index (χ4v) is 2.56. The van der Waals surface area contributed by atoms with Crippen molar-refractivity contribution >= 4 is 16.0 Å². The van der Waals surface area contributed by atoms with Gasteiger partial charge in [-0.15, -0.1) is 0 Å². The van der Waals surface area contributed by atoms with Gasteiger partial charge >= 0.3 is 5.97 Å². The second-order valence-corrected chi connectivity index (χ2v) is 5.96. The van der Waals surface area contributed by atoms with Crippen molar-refractivity contribution in [2.45, 2.75) is 26.3 Å². The molecule has 0 unspecified atom stereocenters. The van der Waals surface area contributed by atoms with Crippen LogP contribution in [0.25, 0.3) is 0 Å². The first-order chi connectivity index (χ1) is 9.03. The maximum absolute atomic E-state index is 11.7. The van der Waals surface area contributed by atoms with Crippen molar-refractivity contribution in [3.05, 3.63) is 35.9 Å². The van der Waals surface area contributed by atoms with Crippen molar-refractivity contribution < 1.29 is 17.9 Å². The highest BCUT2D eigenvalue weighted by Crippen LogP contribution is 2.01. The minimum absolute atomic E-state index is 0.0708. The Kier molecular flexibility index (Phi) is 6.52. The molecule has 0 amide bonds. The number of benzene rings is 1. The third-order valence-corrected chi connectivity index (χ3v) is 3.85. The van der Waals surface area contributed by atoms with Crippen LogP contribution in [0.2, 0.25) is 0 Å². The lowest BCUT2D eigenvalue weighted by atomic mass is 10.2. The average Bonchev–Trinajstić information content (AvgIpc) is 2.38. The van der Waals surface area contributed by atoms with E-state index in [1.54, 1.807) is 6.92 Å². The standard InChI is InChI=1S/C13H19NO4S/c1-2-18-13(15)9-6-10-19(16,17)14-11-12-7-4-3-5-8-12/h3-5,7-8,14H,2,6,9-11H2,1H3. The number of nitrogens with one attached hydrogen (secondary N) is 1. The molecule has 6 heteroatoms. The molecule has 0 spiro atoms. The van der Waals surface area contributed by atoms with Gasteiger partial charge in [0.25, 0.3) is 0 Å². The zero-order valence-electron chi connectivity index (χ0n) is 11.0. The molecule has 0 saturated heterocycles. The van der Waals surface area contributed by atoms with Crippen molar-refractivity contribution in [2.75, 3.05) is 12.4 Å². The van der Waals surface area contributed by atoms with Crippen LogP contribution < -0.4 is 4.72 Å². The fourth-order valence-electron chi connectivity index (χ4n) is 1.50. The Morgan fingerprint density at radius 1 is 1.26 bits per heavy atom. The summed E-state index contributed by atoms with van der Waals surface area (Å²) >= 11 is 0. The van der Waals surface area contributed by atoms with Crippen molar-refractivity contribution in [3.8, 4) is 0 Å². The number of esters is 1. The third-order valence-electron chi connectivity index (χ3n) is 2.44. The highest BCUT2D eigenvalue weighted by molar-refractivity contribution is 7.89. The molecule has 1 N–H and O–H groups in total. The van der Waals surface area contributed by atoms with Crippen LogP contribution in [0.5, 0.6) is 0 Å². The monoisotopic (exact) mass is 285 g/mol. The Bertz CT molecular complexity index is 485. The van der Waals surface area contributed by atoms with Crippen LogP contribution in [0.4, 0.5) is 0 Å². The molecule has 0 heterocycles. The first kappa shape index (κ1) is 15.7. The van der Waals surface area contributed by atoms with Gasteiger partial charge in [0.1, 0.15) is 0 Å². The number of carbonyl (C=O) groups is 1. The molecular weight excluding hydrogens is 266 g/mol. The summed E-state index contributed by atoms with van der Waals surface area (Å²) in [6, 6.07) is 9.27. The van der Waals surface area contributed by atoms with Crippen LogP contribution in [0, 0.1) is 0 Å². The molecule has 0 aliphatic rings. The van der Waals surface area contributed by atoms with Gasteiger partial charge in [0.05, 0.1) is 12.4 Å². The molecule has 0 bridgehead atoms. The first-order valence-electron chi connectivity index (χ1n) is 6.20. The van der Waals surface area contributed by atoms with E-state index in [1.807, 2.05) is 30.3 Å². The van der Waals surface area contributed by atoms with Crippen LogP contribution in [-0.2, 0) is 26.1 Å². The highest BCUT2D eigenvalue weighted by atomic mass is 32.2. The van der Waals surface area contributed by atoms with E-state index in [-0.39, 0.29) is 31.1 Å². The second kappa shape index (κ2) is 7.91. The van der Waals surface area contributed by atoms with Crippen LogP contribution in [0.15, 0.2) is 30.3 Å². The Balaban J connectivity index is 2.30. The van der Waals surface area contributed by atoms with Gasteiger partial charge in [-0.1, -0.05) is 30.3 Å². The second-order valence-electron chi connectivity index (χ2n) is 4.03. The summed E-state index contributed by atoms with van der Waals surface area (Å²) < 4.78 is 30.6. The van der Waals surface area contributed by atoms with Gasteiger partial charge in [0.2, 0.25) is 10.0 Å². The first-order valence-corrected chi connectivity index (χ1v) is 7.85. The van der Waals surface area contributed by atoms with Gasteiger partial charge in [-0.2, -0.15) is 0 Å². The molecule has 0 aromatic heterocycles. The molecule has 1 rings (SSSR count). The molecule has 0 aliphatic heterocycles. The molecule has 0 radical (unpaired) electrons. The molecule has 1 aromatic carbocycles. The Morgan fingerprint density at radius 3 is 2.58 bits per heavy atom. The number of rotatable bonds is 8. The predicted molar refractivity (Wildman–Crippen MR) is 72.9 cm³/mol. The van der Waals surface area contributed by atoms with Gasteiger partial charge < -0.3 is 4.74 Å². The summed E-state index contributed by atoms with van der Waals surface area (Å²) in [5.74, 6) is -0.431. The molecule has 106 valence electrons. The topological polar surface area (TPSA) is 72.5 Å². The molecule has 0 fully saturated rings. The SMILES string of the molecule is CCOC(=O)CCCS(=O)(=O)NCc1ccccc1. The van der Waals surface area contributed by atoms with E-state index in [2.05, 4.69) is 4.72 Å². The molecule has 1 aromatic rings. The van der Waals surface area contributed by atoms with Crippen LogP contribution in [-0.4, -0.2) is 26.7 Å². The summed E-state index contributed by atoms with van der Waals surface area (Å²) in [5.41, 5.74) is 0.900. The fraction of sp³-hybridized carbons (Fsp3) is 0.462. The average molecular weight is 285 g/mol. The maximum Gasteiger partial charge on any atom is 0.305 e. The minimum atomic E-state index is -3.35. The van der Waals surface area contributed by atoms with Gasteiger partial charge in [-0.3, -0.25) is 4.79 Å². The van der Waals surface area contributed by atoms with E-state index in [0.717, 1.165) is 5.56 Å². The summed E-state index contributed by atoms with van der Waals surface area (Å²) in [7, 11) is -3.35. The molecular formula is C13H19NO4S. The quantitative estimate of drug-likeness (QED) is 0.734. The van der Waals surface area contributed by atoms with Crippen LogP contribution in [0.1, 0.15) is 25.3 Å². The Labute approximate surface area is 114 Å². The van der Waals surface area contributed by atoms with E-state index >= 15 is 0 Å². The number of sulfonamides is 1. The lowest BCUT2D eigenvalue weighted by molar-refractivity contribution is -0.143. The van der Waals surface area contributed by atoms with E-state index < -0.39 is 10.0 Å². The number of ether oxygens (including phenoxy) is 1. The Morgan fingerprint density at radius 2 is 1.95 bits per heavy atom. The van der Waals surface area contributed by atoms with Gasteiger partial charge in [0.15, 0.2) is 0 Å². The smallest absolute Gasteiger partial charge is 0.305 e. The predicted octanol–water partition coefficient (Wildman–Crippen LogP) is 1.45. The zero-order chi connectivity index (χ0) is 14.1. The summed E-state index contributed by atoms with van der Waals surface area (Å²) in [4.78, 5) is 11.1. The maximum atomic E-state index is 11.7. The van der Waals surface area contributed by atoms with E-state index in [4.69, 9.17) is 4.74 Å². The van der Waals surface area contributed by atoms with Gasteiger partial charge in [-0.25, -0.2) is 13.1 Å². The minimum Gasteiger partial charge on any atom is -0.466 e. The van der Waals surface area contributed by atoms with E-state index in [9.17, 15) is 13.2 Å². The molecule has 19 heavy (non-hydrogen) atoms. The number of carbonyl (C=O) groups excluding carboxylic acids is 1. The third kappa shape index (κ3) is 6.93. The Hall–Kier alpha value is -1.40. The summed E-state index contributed by atoms with van der Waals surface area (Å²) in [6.07, 6.45) is 0.392. The van der Waals surface area contributed by atoms with Crippen LogP contribution >= 0.6 is 0 Å². The van der Waals surface area contributed by atoms with Gasteiger partial charge in [-0.05, 0) is 18.9 Å². The highest BCUT2D eigenvalue weighted by Gasteiger charge is 2.11. The van der Waals surface area contributed by atoms with Crippen molar-refractivity contribution in [1.29, 1.82) is 0 Å². The van der Waals surface area contributed by atoms with Gasteiger partial charge in [0, 0.05) is 13.0 Å². The van der Waals surface area contributed by atoms with E-state index in [0.29, 0.717) is 6.61 Å². The van der Waals surface area contributed by atoms with Crippen LogP contribution in [0.3, 0.4) is 0 Å². The lowest BCUT2D eigenvalue weighted by Crippen LogP contribution is -2.26. The number of hydrogen-bond acceptors (Lipinski definition) is 4. The molecule has 0 atom stereocenters. The largest absolute Gasteiger partial charge is 0.466 e.